The van der Waals surface area contributed by atoms with E-state index >= 15 is 0 Å². The van der Waals surface area contributed by atoms with E-state index in [0.29, 0.717) is 23.3 Å². The van der Waals surface area contributed by atoms with E-state index < -0.39 is 0 Å². The fourth-order valence-corrected chi connectivity index (χ4v) is 5.69. The Morgan fingerprint density at radius 1 is 1.00 bits per heavy atom. The largest absolute Gasteiger partial charge is 0.341 e. The summed E-state index contributed by atoms with van der Waals surface area (Å²) >= 11 is 1.50. The maximum Gasteiger partial charge on any atom is 0.321 e. The van der Waals surface area contributed by atoms with Crippen molar-refractivity contribution >= 4 is 27.6 Å². The second-order valence-electron chi connectivity index (χ2n) is 7.95. The molecule has 5 rings (SSSR count). The molecule has 25 heavy (non-hydrogen) atoms. The quantitative estimate of drug-likeness (QED) is 0.860. The van der Waals surface area contributed by atoms with Gasteiger partial charge in [-0.15, -0.1) is 10.2 Å². The van der Waals surface area contributed by atoms with Crippen molar-refractivity contribution in [3.05, 3.63) is 0 Å². The lowest BCUT2D eigenvalue weighted by molar-refractivity contribution is 0.106. The van der Waals surface area contributed by atoms with Crippen molar-refractivity contribution in [2.45, 2.75) is 75.5 Å². The lowest BCUT2D eigenvalue weighted by Gasteiger charge is -2.42. The number of aromatic nitrogens is 2. The summed E-state index contributed by atoms with van der Waals surface area (Å²) in [5.41, 5.74) is 0. The van der Waals surface area contributed by atoms with Crippen molar-refractivity contribution in [3.8, 4) is 0 Å². The summed E-state index contributed by atoms with van der Waals surface area (Å²) in [7, 11) is 0. The normalized spacial score (nSPS) is 30.0. The molecule has 2 N–H and O–H groups in total. The van der Waals surface area contributed by atoms with E-state index in [1.807, 2.05) is 0 Å². The van der Waals surface area contributed by atoms with E-state index in [1.54, 1.807) is 0 Å². The first kappa shape index (κ1) is 15.8. The number of likely N-dealkylation sites (tertiary alicyclic amines) is 1. The van der Waals surface area contributed by atoms with Crippen molar-refractivity contribution in [2.24, 2.45) is 0 Å². The van der Waals surface area contributed by atoms with Crippen molar-refractivity contribution in [2.75, 3.05) is 23.3 Å². The lowest BCUT2D eigenvalue weighted by atomic mass is 9.91. The van der Waals surface area contributed by atoms with Crippen LogP contribution in [0.2, 0.25) is 0 Å². The minimum Gasteiger partial charge on any atom is -0.341 e. The molecule has 2 bridgehead atoms. The van der Waals surface area contributed by atoms with Crippen LogP contribution in [0, 0.1) is 0 Å². The van der Waals surface area contributed by atoms with E-state index in [1.165, 1.54) is 56.4 Å². The average Bonchev–Trinajstić information content (AvgIpc) is 3.28. The van der Waals surface area contributed by atoms with Crippen LogP contribution in [0.3, 0.4) is 0 Å². The highest BCUT2D eigenvalue weighted by molar-refractivity contribution is 7.19. The summed E-state index contributed by atoms with van der Waals surface area (Å²) in [6, 6.07) is 2.26. The Morgan fingerprint density at radius 2 is 1.84 bits per heavy atom. The van der Waals surface area contributed by atoms with Crippen molar-refractivity contribution < 1.29 is 4.79 Å². The van der Waals surface area contributed by atoms with Gasteiger partial charge in [-0.3, -0.25) is 10.2 Å². The Bertz CT molecular complexity index is 641. The standard InChI is InChI=1S/C17H26N6OS/c24-15(18-11-4-1-2-5-11)19-16-20-21-17(25-16)23-10-13-8-14(23)9-22(13)12-6-3-7-12/h11-14H,1-10H2,(H2,18,19,20,24)/t13-,14-/m1/s1. The van der Waals surface area contributed by atoms with Crippen molar-refractivity contribution in [1.29, 1.82) is 0 Å². The van der Waals surface area contributed by atoms with Crippen LogP contribution in [0.25, 0.3) is 0 Å². The Balaban J connectivity index is 1.17. The van der Waals surface area contributed by atoms with Crippen molar-refractivity contribution in [3.63, 3.8) is 0 Å². The molecular weight excluding hydrogens is 336 g/mol. The lowest BCUT2D eigenvalue weighted by Crippen LogP contribution is -2.52. The number of anilines is 2. The third-order valence-electron chi connectivity index (χ3n) is 6.40. The molecule has 2 atom stereocenters. The Morgan fingerprint density at radius 3 is 2.52 bits per heavy atom. The van der Waals surface area contributed by atoms with E-state index in [2.05, 4.69) is 30.6 Å². The maximum atomic E-state index is 12.1. The molecule has 2 saturated heterocycles. The van der Waals surface area contributed by atoms with Gasteiger partial charge in [0.1, 0.15) is 0 Å². The van der Waals surface area contributed by atoms with Crippen LogP contribution in [0.1, 0.15) is 51.4 Å². The fraction of sp³-hybridized carbons (Fsp3) is 0.824. The van der Waals surface area contributed by atoms with E-state index in [4.69, 9.17) is 0 Å². The number of fused-ring (bicyclic) bond motifs is 2. The van der Waals surface area contributed by atoms with Crippen molar-refractivity contribution in [1.82, 2.24) is 20.4 Å². The number of urea groups is 1. The molecule has 1 aromatic rings. The molecule has 7 nitrogen and oxygen atoms in total. The molecule has 2 amide bonds. The van der Waals surface area contributed by atoms with Crippen LogP contribution >= 0.6 is 11.3 Å². The number of amides is 2. The molecule has 0 radical (unpaired) electrons. The minimum absolute atomic E-state index is 0.145. The molecule has 136 valence electrons. The maximum absolute atomic E-state index is 12.1. The summed E-state index contributed by atoms with van der Waals surface area (Å²) in [6.07, 6.45) is 10.0. The summed E-state index contributed by atoms with van der Waals surface area (Å²) in [5.74, 6) is 0. The highest BCUT2D eigenvalue weighted by Crippen LogP contribution is 2.40. The molecule has 8 heteroatoms. The molecule has 0 spiro atoms. The minimum atomic E-state index is -0.145. The second-order valence-corrected chi connectivity index (χ2v) is 8.90. The van der Waals surface area contributed by atoms with Gasteiger partial charge in [0.2, 0.25) is 10.3 Å². The second kappa shape index (κ2) is 6.39. The van der Waals surface area contributed by atoms with Crippen LogP contribution in [0.5, 0.6) is 0 Å². The predicted octanol–water partition coefficient (Wildman–Crippen LogP) is 2.42. The third kappa shape index (κ3) is 2.99. The van der Waals surface area contributed by atoms with Crippen LogP contribution in [-0.2, 0) is 0 Å². The highest BCUT2D eigenvalue weighted by Gasteiger charge is 2.47. The number of carbonyl (C=O) groups is 1. The predicted molar refractivity (Wildman–Crippen MR) is 98.2 cm³/mol. The molecular formula is C17H26N6OS. The molecule has 1 aromatic heterocycles. The smallest absolute Gasteiger partial charge is 0.321 e. The zero-order chi connectivity index (χ0) is 16.8. The van der Waals surface area contributed by atoms with Gasteiger partial charge in [-0.1, -0.05) is 30.6 Å². The number of nitrogens with one attached hydrogen (secondary N) is 2. The van der Waals surface area contributed by atoms with Crippen LogP contribution in [-0.4, -0.2) is 58.4 Å². The Labute approximate surface area is 152 Å². The van der Waals surface area contributed by atoms with E-state index in [9.17, 15) is 4.79 Å². The number of carbonyl (C=O) groups excluding carboxylic acids is 1. The number of hydrogen-bond acceptors (Lipinski definition) is 6. The van der Waals surface area contributed by atoms with Gasteiger partial charge in [-0.05, 0) is 32.1 Å². The van der Waals surface area contributed by atoms with Gasteiger partial charge in [-0.2, -0.15) is 0 Å². The fourth-order valence-electron chi connectivity index (χ4n) is 4.87. The van der Waals surface area contributed by atoms with Gasteiger partial charge >= 0.3 is 6.03 Å². The van der Waals surface area contributed by atoms with Gasteiger partial charge in [0.25, 0.3) is 0 Å². The van der Waals surface area contributed by atoms with Crippen LogP contribution in [0.4, 0.5) is 15.1 Å². The molecule has 2 saturated carbocycles. The van der Waals surface area contributed by atoms with E-state index in [0.717, 1.165) is 30.6 Å². The van der Waals surface area contributed by atoms with Gasteiger partial charge in [0, 0.05) is 37.3 Å². The average molecular weight is 363 g/mol. The third-order valence-corrected chi connectivity index (χ3v) is 7.27. The summed E-state index contributed by atoms with van der Waals surface area (Å²) in [6.45, 7) is 2.23. The molecule has 0 aromatic carbocycles. The van der Waals surface area contributed by atoms with Gasteiger partial charge in [0.15, 0.2) is 0 Å². The zero-order valence-electron chi connectivity index (χ0n) is 14.5. The topological polar surface area (TPSA) is 73.4 Å². The van der Waals surface area contributed by atoms with Gasteiger partial charge < -0.3 is 10.2 Å². The highest BCUT2D eigenvalue weighted by atomic mass is 32.1. The molecule has 3 heterocycles. The number of rotatable bonds is 4. The molecule has 4 fully saturated rings. The van der Waals surface area contributed by atoms with Crippen LogP contribution < -0.4 is 15.5 Å². The Hall–Kier alpha value is -1.41. The first-order chi connectivity index (χ1) is 12.3. The molecule has 0 unspecified atom stereocenters. The Kier molecular flexibility index (Phi) is 4.04. The SMILES string of the molecule is O=C(Nc1nnc(N2C[C@H]3C[C@@H]2CN3C2CCC2)s1)NC1CCCC1. The number of nitrogens with zero attached hydrogens (tertiary/aromatic N) is 4. The molecule has 2 aliphatic carbocycles. The zero-order valence-corrected chi connectivity index (χ0v) is 15.3. The summed E-state index contributed by atoms with van der Waals surface area (Å²) in [4.78, 5) is 17.2. The summed E-state index contributed by atoms with van der Waals surface area (Å²) in [5, 5.41) is 16.0. The van der Waals surface area contributed by atoms with E-state index in [-0.39, 0.29) is 6.03 Å². The molecule has 4 aliphatic rings. The first-order valence-electron chi connectivity index (χ1n) is 9.69. The van der Waals surface area contributed by atoms with Gasteiger partial charge in [-0.25, -0.2) is 4.79 Å². The summed E-state index contributed by atoms with van der Waals surface area (Å²) < 4.78 is 0. The van der Waals surface area contributed by atoms with Crippen LogP contribution in [0.15, 0.2) is 0 Å². The monoisotopic (exact) mass is 362 g/mol. The molecule has 2 aliphatic heterocycles. The number of hydrogen-bond donors (Lipinski definition) is 2. The first-order valence-corrected chi connectivity index (χ1v) is 10.5. The van der Waals surface area contributed by atoms with Gasteiger partial charge in [0.05, 0.1) is 0 Å². The number of piperazine rings is 1.